The van der Waals surface area contributed by atoms with Crippen molar-refractivity contribution in [3.8, 4) is 0 Å². The van der Waals surface area contributed by atoms with E-state index in [1.165, 1.54) is 0 Å². The Hall–Kier alpha value is -1.06. The summed E-state index contributed by atoms with van der Waals surface area (Å²) in [5, 5.41) is 0. The molecular formula is C14H26O4. The van der Waals surface area contributed by atoms with Gasteiger partial charge in [0.15, 0.2) is 0 Å². The maximum atomic E-state index is 11.7. The van der Waals surface area contributed by atoms with E-state index in [-0.39, 0.29) is 24.3 Å². The molecule has 18 heavy (non-hydrogen) atoms. The molecule has 4 heteroatoms. The summed E-state index contributed by atoms with van der Waals surface area (Å²) in [6.07, 6.45) is 0.682. The monoisotopic (exact) mass is 258 g/mol. The van der Waals surface area contributed by atoms with Crippen LogP contribution in [0, 0.1) is 5.92 Å². The maximum Gasteiger partial charge on any atom is 0.309 e. The Bertz CT molecular complexity index is 294. The molecule has 0 aliphatic rings. The van der Waals surface area contributed by atoms with Gasteiger partial charge in [0.05, 0.1) is 5.92 Å². The highest BCUT2D eigenvalue weighted by molar-refractivity contribution is 5.74. The van der Waals surface area contributed by atoms with Gasteiger partial charge in [-0.2, -0.15) is 0 Å². The largest absolute Gasteiger partial charge is 0.460 e. The molecule has 4 nitrogen and oxygen atoms in total. The van der Waals surface area contributed by atoms with Gasteiger partial charge >= 0.3 is 11.9 Å². The first-order valence-electron chi connectivity index (χ1n) is 6.35. The van der Waals surface area contributed by atoms with Crippen LogP contribution < -0.4 is 0 Å². The number of hydrogen-bond acceptors (Lipinski definition) is 4. The molecule has 0 heterocycles. The SMILES string of the molecule is C[C@@H](CCC(=O)OC(C)(C)C)C(=O)OC(C)(C)C. The van der Waals surface area contributed by atoms with Gasteiger partial charge in [-0.1, -0.05) is 6.92 Å². The lowest BCUT2D eigenvalue weighted by atomic mass is 10.1. The zero-order valence-corrected chi connectivity index (χ0v) is 12.6. The van der Waals surface area contributed by atoms with Gasteiger partial charge in [0.25, 0.3) is 0 Å². The molecule has 0 aromatic rings. The van der Waals surface area contributed by atoms with E-state index in [1.807, 2.05) is 41.5 Å². The third kappa shape index (κ3) is 9.02. The van der Waals surface area contributed by atoms with Crippen molar-refractivity contribution in [1.29, 1.82) is 0 Å². The number of rotatable bonds is 4. The van der Waals surface area contributed by atoms with Gasteiger partial charge in [-0.25, -0.2) is 0 Å². The third-order valence-electron chi connectivity index (χ3n) is 2.01. The summed E-state index contributed by atoms with van der Waals surface area (Å²) < 4.78 is 10.4. The zero-order chi connectivity index (χ0) is 14.6. The van der Waals surface area contributed by atoms with Crippen molar-refractivity contribution < 1.29 is 19.1 Å². The van der Waals surface area contributed by atoms with E-state index >= 15 is 0 Å². The van der Waals surface area contributed by atoms with Crippen LogP contribution in [-0.4, -0.2) is 23.1 Å². The van der Waals surface area contributed by atoms with Crippen molar-refractivity contribution in [3.05, 3.63) is 0 Å². The molecule has 0 bridgehead atoms. The minimum absolute atomic E-state index is 0.234. The smallest absolute Gasteiger partial charge is 0.309 e. The minimum Gasteiger partial charge on any atom is -0.460 e. The Morgan fingerprint density at radius 3 is 1.78 bits per heavy atom. The number of carbonyl (C=O) groups is 2. The van der Waals surface area contributed by atoms with E-state index in [4.69, 9.17) is 9.47 Å². The summed E-state index contributed by atoms with van der Waals surface area (Å²) in [6.45, 7) is 12.7. The van der Waals surface area contributed by atoms with Crippen molar-refractivity contribution in [3.63, 3.8) is 0 Å². The van der Waals surface area contributed by atoms with Gasteiger partial charge in [0.2, 0.25) is 0 Å². The first kappa shape index (κ1) is 16.9. The number of carbonyl (C=O) groups excluding carboxylic acids is 2. The van der Waals surface area contributed by atoms with E-state index in [9.17, 15) is 9.59 Å². The highest BCUT2D eigenvalue weighted by Gasteiger charge is 2.23. The lowest BCUT2D eigenvalue weighted by Crippen LogP contribution is -2.28. The maximum absolute atomic E-state index is 11.7. The van der Waals surface area contributed by atoms with Crippen LogP contribution in [0.1, 0.15) is 61.3 Å². The molecule has 0 rings (SSSR count). The molecule has 0 aliphatic heterocycles. The number of esters is 2. The molecule has 0 aliphatic carbocycles. The highest BCUT2D eigenvalue weighted by Crippen LogP contribution is 2.16. The quantitative estimate of drug-likeness (QED) is 0.727. The highest BCUT2D eigenvalue weighted by atomic mass is 16.6. The summed E-state index contributed by atoms with van der Waals surface area (Å²) in [7, 11) is 0. The fourth-order valence-corrected chi connectivity index (χ4v) is 1.25. The summed E-state index contributed by atoms with van der Waals surface area (Å²) in [6, 6.07) is 0. The molecule has 1 atom stereocenters. The second-order valence-electron chi connectivity index (χ2n) is 6.56. The van der Waals surface area contributed by atoms with E-state index in [0.29, 0.717) is 6.42 Å². The molecule has 0 aromatic carbocycles. The molecule has 0 radical (unpaired) electrons. The second-order valence-corrected chi connectivity index (χ2v) is 6.56. The van der Waals surface area contributed by atoms with Gasteiger partial charge < -0.3 is 9.47 Å². The van der Waals surface area contributed by atoms with Crippen molar-refractivity contribution >= 4 is 11.9 Å². The average molecular weight is 258 g/mol. The molecule has 106 valence electrons. The van der Waals surface area contributed by atoms with Crippen molar-refractivity contribution in [2.75, 3.05) is 0 Å². The zero-order valence-electron chi connectivity index (χ0n) is 12.6. The number of ether oxygens (including phenoxy) is 2. The van der Waals surface area contributed by atoms with Crippen LogP contribution >= 0.6 is 0 Å². The van der Waals surface area contributed by atoms with Crippen LogP contribution in [0.15, 0.2) is 0 Å². The Morgan fingerprint density at radius 1 is 0.944 bits per heavy atom. The molecule has 0 saturated carbocycles. The van der Waals surface area contributed by atoms with E-state index < -0.39 is 11.2 Å². The molecule has 0 amide bonds. The first-order valence-corrected chi connectivity index (χ1v) is 6.35. The van der Waals surface area contributed by atoms with Crippen LogP contribution in [0.4, 0.5) is 0 Å². The Labute approximate surface area is 110 Å². The van der Waals surface area contributed by atoms with Gasteiger partial charge in [0.1, 0.15) is 11.2 Å². The van der Waals surface area contributed by atoms with Gasteiger partial charge in [-0.15, -0.1) is 0 Å². The fourth-order valence-electron chi connectivity index (χ4n) is 1.25. The lowest BCUT2D eigenvalue weighted by molar-refractivity contribution is -0.160. The predicted molar refractivity (Wildman–Crippen MR) is 70.1 cm³/mol. The van der Waals surface area contributed by atoms with E-state index in [2.05, 4.69) is 0 Å². The van der Waals surface area contributed by atoms with Crippen LogP contribution in [0.25, 0.3) is 0 Å². The number of hydrogen-bond donors (Lipinski definition) is 0. The molecule has 0 unspecified atom stereocenters. The second kappa shape index (κ2) is 6.21. The predicted octanol–water partition coefficient (Wildman–Crippen LogP) is 3.09. The summed E-state index contributed by atoms with van der Waals surface area (Å²) in [5.41, 5.74) is -0.969. The van der Waals surface area contributed by atoms with Crippen LogP contribution in [0.2, 0.25) is 0 Å². The van der Waals surface area contributed by atoms with Crippen molar-refractivity contribution in [1.82, 2.24) is 0 Å². The summed E-state index contributed by atoms with van der Waals surface area (Å²) in [4.78, 5) is 23.2. The van der Waals surface area contributed by atoms with Crippen molar-refractivity contribution in [2.24, 2.45) is 5.92 Å². The van der Waals surface area contributed by atoms with Crippen molar-refractivity contribution in [2.45, 2.75) is 72.5 Å². The summed E-state index contributed by atoms with van der Waals surface area (Å²) in [5.74, 6) is -0.847. The molecule has 0 saturated heterocycles. The fraction of sp³-hybridized carbons (Fsp3) is 0.857. The molecular weight excluding hydrogens is 232 g/mol. The van der Waals surface area contributed by atoms with Gasteiger partial charge in [0, 0.05) is 6.42 Å². The average Bonchev–Trinajstić information content (AvgIpc) is 2.08. The van der Waals surface area contributed by atoms with Crippen LogP contribution in [-0.2, 0) is 19.1 Å². The first-order chi connectivity index (χ1) is 7.91. The minimum atomic E-state index is -0.489. The lowest BCUT2D eigenvalue weighted by Gasteiger charge is -2.23. The molecule has 0 fully saturated rings. The van der Waals surface area contributed by atoms with E-state index in [1.54, 1.807) is 6.92 Å². The Morgan fingerprint density at radius 2 is 1.39 bits per heavy atom. The molecule has 0 spiro atoms. The third-order valence-corrected chi connectivity index (χ3v) is 2.01. The molecule has 0 N–H and O–H groups in total. The normalized spacial score (nSPS) is 13.9. The van der Waals surface area contributed by atoms with Crippen LogP contribution in [0.5, 0.6) is 0 Å². The Kier molecular flexibility index (Phi) is 5.84. The van der Waals surface area contributed by atoms with Gasteiger partial charge in [-0.3, -0.25) is 9.59 Å². The van der Waals surface area contributed by atoms with E-state index in [0.717, 1.165) is 0 Å². The molecule has 0 aromatic heterocycles. The summed E-state index contributed by atoms with van der Waals surface area (Å²) >= 11 is 0. The van der Waals surface area contributed by atoms with Gasteiger partial charge in [-0.05, 0) is 48.0 Å². The Balaban J connectivity index is 4.07. The van der Waals surface area contributed by atoms with Crippen LogP contribution in [0.3, 0.4) is 0 Å². The topological polar surface area (TPSA) is 52.6 Å². The standard InChI is InChI=1S/C14H26O4/c1-10(12(16)18-14(5,6)7)8-9-11(15)17-13(2,3)4/h10H,8-9H2,1-7H3/t10-/m0/s1.